The first-order chi connectivity index (χ1) is 33.2. The van der Waals surface area contributed by atoms with Crippen LogP contribution in [0.1, 0.15) is 22.3 Å². The van der Waals surface area contributed by atoms with Crippen molar-refractivity contribution >= 4 is 77.6 Å². The van der Waals surface area contributed by atoms with Gasteiger partial charge in [-0.2, -0.15) is 0 Å². The summed E-state index contributed by atoms with van der Waals surface area (Å²) < 4.78 is 14.1. The van der Waals surface area contributed by atoms with Gasteiger partial charge in [0.25, 0.3) is 0 Å². The molecule has 1 aromatic heterocycles. The van der Waals surface area contributed by atoms with Crippen molar-refractivity contribution in [1.82, 2.24) is 0 Å². The summed E-state index contributed by atoms with van der Waals surface area (Å²) in [4.78, 5) is 4.69. The number of furan rings is 1. The predicted molar refractivity (Wildman–Crippen MR) is 275 cm³/mol. The smallest absolute Gasteiger partial charge is 0.159 e. The Labute approximate surface area is 387 Å². The number of benzene rings is 11. The number of anilines is 6. The van der Waals surface area contributed by atoms with E-state index in [9.17, 15) is 0 Å². The lowest BCUT2D eigenvalue weighted by atomic mass is 9.66. The standard InChI is InChI=1S/C63H40N2O2/c1-2-20-45(21-3-1)64(48-36-37-55-60(40-48)66-58-30-13-12-27-54(58)63(55)52-25-10-8-22-49(52)50-23-9-11-26-53(50)63)57-29-14-24-51-61-56(28-15-31-59(61)67-62(51)57)65(46-34-32-41-16-4-6-18-43(41)38-46)47-35-33-42-17-5-7-19-44(42)39-47/h1-40H. The maximum atomic E-state index is 7.12. The van der Waals surface area contributed by atoms with Gasteiger partial charge in [-0.15, -0.1) is 0 Å². The van der Waals surface area contributed by atoms with E-state index in [-0.39, 0.29) is 0 Å². The van der Waals surface area contributed by atoms with E-state index < -0.39 is 5.41 Å². The summed E-state index contributed by atoms with van der Waals surface area (Å²) >= 11 is 0. The average Bonchev–Trinajstić information content (AvgIpc) is 3.92. The van der Waals surface area contributed by atoms with Gasteiger partial charge in [0.05, 0.1) is 22.2 Å². The summed E-state index contributed by atoms with van der Waals surface area (Å²) in [7, 11) is 0. The zero-order valence-electron chi connectivity index (χ0n) is 36.3. The lowest BCUT2D eigenvalue weighted by molar-refractivity contribution is 0.436. The van der Waals surface area contributed by atoms with Crippen LogP contribution in [0.25, 0.3) is 54.6 Å². The second-order valence-electron chi connectivity index (χ2n) is 17.6. The Bertz CT molecular complexity index is 3820. The highest BCUT2D eigenvalue weighted by molar-refractivity contribution is 6.17. The van der Waals surface area contributed by atoms with E-state index in [4.69, 9.17) is 9.15 Å². The molecule has 0 N–H and O–H groups in total. The second kappa shape index (κ2) is 14.6. The van der Waals surface area contributed by atoms with E-state index in [2.05, 4.69) is 252 Å². The summed E-state index contributed by atoms with van der Waals surface area (Å²) in [6, 6.07) is 87.1. The molecule has 0 radical (unpaired) electrons. The highest BCUT2D eigenvalue weighted by Gasteiger charge is 2.51. The minimum Gasteiger partial charge on any atom is -0.457 e. The molecule has 314 valence electrons. The van der Waals surface area contributed by atoms with Gasteiger partial charge in [0.1, 0.15) is 17.1 Å². The molecule has 0 unspecified atom stereocenters. The fraction of sp³-hybridized carbons (Fsp3) is 0.0159. The number of nitrogens with zero attached hydrogens (tertiary/aromatic N) is 2. The fourth-order valence-corrected chi connectivity index (χ4v) is 11.2. The molecule has 14 rings (SSSR count). The molecule has 0 saturated carbocycles. The maximum absolute atomic E-state index is 7.12. The number of ether oxygens (including phenoxy) is 1. The van der Waals surface area contributed by atoms with Crippen molar-refractivity contribution < 1.29 is 9.15 Å². The first-order valence-corrected chi connectivity index (χ1v) is 22.9. The summed E-state index contributed by atoms with van der Waals surface area (Å²) in [6.07, 6.45) is 0. The molecule has 1 spiro atoms. The van der Waals surface area contributed by atoms with Crippen molar-refractivity contribution in [3.8, 4) is 22.6 Å². The summed E-state index contributed by atoms with van der Waals surface area (Å²) in [6.45, 7) is 0. The molecular weight excluding hydrogens is 817 g/mol. The number of rotatable bonds is 6. The lowest BCUT2D eigenvalue weighted by Crippen LogP contribution is -2.32. The van der Waals surface area contributed by atoms with Gasteiger partial charge in [-0.25, -0.2) is 0 Å². The summed E-state index contributed by atoms with van der Waals surface area (Å²) in [5, 5.41) is 6.83. The molecule has 2 aliphatic rings. The molecule has 11 aromatic carbocycles. The van der Waals surface area contributed by atoms with Crippen LogP contribution in [0.2, 0.25) is 0 Å². The third-order valence-corrected chi connectivity index (χ3v) is 14.0. The first-order valence-electron chi connectivity index (χ1n) is 22.9. The van der Waals surface area contributed by atoms with Gasteiger partial charge in [-0.05, 0) is 111 Å². The van der Waals surface area contributed by atoms with Gasteiger partial charge in [-0.1, -0.05) is 170 Å². The van der Waals surface area contributed by atoms with Gasteiger partial charge in [0.2, 0.25) is 0 Å². The SMILES string of the molecule is c1ccc(N(c2ccc3c(c2)Oc2ccccc2C32c3ccccc3-c3ccccc32)c2cccc3c2oc2cccc(N(c4ccc5ccccc5c4)c4ccc5ccccc5c4)c23)cc1. The van der Waals surface area contributed by atoms with Crippen LogP contribution < -0.4 is 14.5 Å². The molecule has 0 atom stereocenters. The quantitative estimate of drug-likeness (QED) is 0.167. The number of para-hydroxylation sites is 3. The first kappa shape index (κ1) is 37.5. The molecule has 0 saturated heterocycles. The van der Waals surface area contributed by atoms with Gasteiger partial charge in [0, 0.05) is 45.3 Å². The molecule has 1 aliphatic heterocycles. The van der Waals surface area contributed by atoms with Crippen LogP contribution >= 0.6 is 0 Å². The van der Waals surface area contributed by atoms with Gasteiger partial charge >= 0.3 is 0 Å². The molecule has 12 aromatic rings. The molecule has 4 heteroatoms. The van der Waals surface area contributed by atoms with Crippen molar-refractivity contribution in [2.75, 3.05) is 9.80 Å². The molecule has 0 fully saturated rings. The van der Waals surface area contributed by atoms with Crippen LogP contribution in [0.4, 0.5) is 34.1 Å². The van der Waals surface area contributed by atoms with Crippen LogP contribution in [0, 0.1) is 0 Å². The van der Waals surface area contributed by atoms with Gasteiger partial charge in [-0.3, -0.25) is 0 Å². The van der Waals surface area contributed by atoms with Crippen LogP contribution in [0.5, 0.6) is 11.5 Å². The zero-order chi connectivity index (χ0) is 44.1. The number of fused-ring (bicyclic) bond motifs is 14. The number of hydrogen-bond donors (Lipinski definition) is 0. The number of hydrogen-bond acceptors (Lipinski definition) is 4. The average molecular weight is 857 g/mol. The maximum Gasteiger partial charge on any atom is 0.159 e. The van der Waals surface area contributed by atoms with E-state index >= 15 is 0 Å². The Morgan fingerprint density at radius 3 is 1.55 bits per heavy atom. The molecule has 0 amide bonds. The third-order valence-electron chi connectivity index (χ3n) is 14.0. The Balaban J connectivity index is 0.979. The van der Waals surface area contributed by atoms with Crippen LogP contribution in [-0.2, 0) is 5.41 Å². The van der Waals surface area contributed by atoms with Crippen LogP contribution in [0.3, 0.4) is 0 Å². The van der Waals surface area contributed by atoms with E-state index in [1.807, 2.05) is 0 Å². The predicted octanol–water partition coefficient (Wildman–Crippen LogP) is 17.3. The monoisotopic (exact) mass is 856 g/mol. The summed E-state index contributed by atoms with van der Waals surface area (Å²) in [5.41, 5.74) is 14.4. The second-order valence-corrected chi connectivity index (χ2v) is 17.6. The summed E-state index contributed by atoms with van der Waals surface area (Å²) in [5.74, 6) is 1.68. The fourth-order valence-electron chi connectivity index (χ4n) is 11.2. The van der Waals surface area contributed by atoms with Crippen molar-refractivity contribution in [1.29, 1.82) is 0 Å². The molecule has 1 aliphatic carbocycles. The van der Waals surface area contributed by atoms with Crippen molar-refractivity contribution in [3.05, 3.63) is 265 Å². The van der Waals surface area contributed by atoms with Gasteiger partial charge < -0.3 is 19.0 Å². The third kappa shape index (κ3) is 5.54. The van der Waals surface area contributed by atoms with Crippen LogP contribution in [0.15, 0.2) is 247 Å². The Morgan fingerprint density at radius 1 is 0.328 bits per heavy atom. The highest BCUT2D eigenvalue weighted by Crippen LogP contribution is 2.62. The topological polar surface area (TPSA) is 28.9 Å². The lowest BCUT2D eigenvalue weighted by Gasteiger charge is -2.40. The van der Waals surface area contributed by atoms with E-state index in [1.54, 1.807) is 0 Å². The van der Waals surface area contributed by atoms with Crippen molar-refractivity contribution in [3.63, 3.8) is 0 Å². The molecule has 67 heavy (non-hydrogen) atoms. The molecular formula is C63H40N2O2. The zero-order valence-corrected chi connectivity index (χ0v) is 36.3. The molecule has 4 nitrogen and oxygen atoms in total. The van der Waals surface area contributed by atoms with E-state index in [0.29, 0.717) is 0 Å². The van der Waals surface area contributed by atoms with E-state index in [1.165, 1.54) is 43.8 Å². The van der Waals surface area contributed by atoms with Gasteiger partial charge in [0.15, 0.2) is 5.58 Å². The van der Waals surface area contributed by atoms with E-state index in [0.717, 1.165) is 78.7 Å². The Hall–Kier alpha value is -8.86. The minimum absolute atomic E-state index is 0.551. The van der Waals surface area contributed by atoms with Crippen molar-refractivity contribution in [2.24, 2.45) is 0 Å². The van der Waals surface area contributed by atoms with Crippen LogP contribution in [-0.4, -0.2) is 0 Å². The molecule has 2 heterocycles. The minimum atomic E-state index is -0.551. The largest absolute Gasteiger partial charge is 0.457 e. The Morgan fingerprint density at radius 2 is 0.851 bits per heavy atom. The van der Waals surface area contributed by atoms with Crippen molar-refractivity contribution in [2.45, 2.75) is 5.41 Å². The molecule has 0 bridgehead atoms. The Kier molecular flexibility index (Phi) is 8.16. The highest BCUT2D eigenvalue weighted by atomic mass is 16.5. The normalized spacial score (nSPS) is 13.0.